The molecule has 1 atom stereocenters. The Bertz CT molecular complexity index is 493. The Morgan fingerprint density at radius 3 is 2.24 bits per heavy atom. The first-order valence-electron chi connectivity index (χ1n) is 6.84. The predicted octanol–water partition coefficient (Wildman–Crippen LogP) is 2.85. The molecule has 0 heterocycles. The smallest absolute Gasteiger partial charge is 0.260 e. The molecule has 0 aliphatic carbocycles. The molecule has 0 aliphatic heterocycles. The molecule has 116 valence electrons. The lowest BCUT2D eigenvalue weighted by atomic mass is 10.1. The fourth-order valence-electron chi connectivity index (χ4n) is 1.80. The van der Waals surface area contributed by atoms with Crippen LogP contribution >= 0.6 is 0 Å². The van der Waals surface area contributed by atoms with Crippen molar-refractivity contribution >= 4 is 12.2 Å². The fraction of sp³-hybridized carbons (Fsp3) is 0.467. The minimum atomic E-state index is -1.04. The van der Waals surface area contributed by atoms with Crippen molar-refractivity contribution in [1.82, 2.24) is 5.32 Å². The largest absolute Gasteiger partial charge is 0.475 e. The minimum Gasteiger partial charge on any atom is -0.475 e. The van der Waals surface area contributed by atoms with Crippen LogP contribution in [0.15, 0.2) is 12.1 Å². The highest BCUT2D eigenvalue weighted by atomic mass is 19.1. The lowest BCUT2D eigenvalue weighted by Gasteiger charge is -2.20. The van der Waals surface area contributed by atoms with Crippen LogP contribution in [0.4, 0.5) is 8.78 Å². The molecule has 0 radical (unpaired) electrons. The molecule has 0 bridgehead atoms. The molecule has 0 saturated carbocycles. The molecule has 1 amide bonds. The number of hydrogen-bond acceptors (Lipinski definition) is 3. The van der Waals surface area contributed by atoms with E-state index >= 15 is 0 Å². The summed E-state index contributed by atoms with van der Waals surface area (Å²) in [4.78, 5) is 22.4. The van der Waals surface area contributed by atoms with E-state index in [0.717, 1.165) is 25.0 Å². The van der Waals surface area contributed by atoms with Crippen LogP contribution in [0.2, 0.25) is 0 Å². The summed E-state index contributed by atoms with van der Waals surface area (Å²) in [5.74, 6) is -3.13. The third-order valence-corrected chi connectivity index (χ3v) is 3.15. The van der Waals surface area contributed by atoms with E-state index in [1.54, 1.807) is 0 Å². The summed E-state index contributed by atoms with van der Waals surface area (Å²) >= 11 is 0. The second-order valence-electron chi connectivity index (χ2n) is 4.71. The van der Waals surface area contributed by atoms with Crippen molar-refractivity contribution in [2.24, 2.45) is 0 Å². The third kappa shape index (κ3) is 4.51. The van der Waals surface area contributed by atoms with Crippen molar-refractivity contribution in [3.05, 3.63) is 29.3 Å². The van der Waals surface area contributed by atoms with Gasteiger partial charge < -0.3 is 10.1 Å². The van der Waals surface area contributed by atoms with Gasteiger partial charge in [-0.1, -0.05) is 13.8 Å². The Hall–Kier alpha value is -1.98. The first kappa shape index (κ1) is 17.1. The zero-order valence-electron chi connectivity index (χ0n) is 12.3. The standard InChI is InChI=1S/C15H19F2NO3/c1-4-11(5-2)18-15(20)9(3)21-14-12(16)6-10(8-19)7-13(14)17/h6-9,11H,4-5H2,1-3H3,(H,18,20). The van der Waals surface area contributed by atoms with Crippen LogP contribution in [0.25, 0.3) is 0 Å². The summed E-state index contributed by atoms with van der Waals surface area (Å²) in [5, 5.41) is 2.73. The highest BCUT2D eigenvalue weighted by Crippen LogP contribution is 2.24. The van der Waals surface area contributed by atoms with Gasteiger partial charge in [-0.25, -0.2) is 8.78 Å². The van der Waals surface area contributed by atoms with Gasteiger partial charge >= 0.3 is 0 Å². The van der Waals surface area contributed by atoms with Crippen LogP contribution < -0.4 is 10.1 Å². The molecular formula is C15H19F2NO3. The summed E-state index contributed by atoms with van der Waals surface area (Å²) < 4.78 is 32.4. The van der Waals surface area contributed by atoms with Gasteiger partial charge in [0.15, 0.2) is 23.5 Å². The number of ether oxygens (including phenoxy) is 1. The number of benzene rings is 1. The summed E-state index contributed by atoms with van der Waals surface area (Å²) in [6.45, 7) is 5.26. The van der Waals surface area contributed by atoms with Gasteiger partial charge in [0.25, 0.3) is 5.91 Å². The molecule has 1 aromatic rings. The highest BCUT2D eigenvalue weighted by molar-refractivity contribution is 5.81. The zero-order valence-corrected chi connectivity index (χ0v) is 12.3. The minimum absolute atomic E-state index is 0.00400. The quantitative estimate of drug-likeness (QED) is 0.788. The first-order chi connectivity index (χ1) is 9.92. The Balaban J connectivity index is 2.81. The maximum absolute atomic E-state index is 13.7. The number of rotatable bonds is 7. The van der Waals surface area contributed by atoms with E-state index in [9.17, 15) is 18.4 Å². The average molecular weight is 299 g/mol. The number of carbonyl (C=O) groups excluding carboxylic acids is 2. The van der Waals surface area contributed by atoms with Gasteiger partial charge in [0.2, 0.25) is 0 Å². The van der Waals surface area contributed by atoms with Crippen molar-refractivity contribution < 1.29 is 23.1 Å². The van der Waals surface area contributed by atoms with E-state index < -0.39 is 29.4 Å². The van der Waals surface area contributed by atoms with Crippen LogP contribution in [0.5, 0.6) is 5.75 Å². The second kappa shape index (κ2) is 7.71. The van der Waals surface area contributed by atoms with Gasteiger partial charge in [-0.3, -0.25) is 9.59 Å². The molecule has 1 N–H and O–H groups in total. The fourth-order valence-corrected chi connectivity index (χ4v) is 1.80. The lowest BCUT2D eigenvalue weighted by molar-refractivity contribution is -0.128. The maximum atomic E-state index is 13.7. The van der Waals surface area contributed by atoms with Gasteiger partial charge in [-0.15, -0.1) is 0 Å². The van der Waals surface area contributed by atoms with Crippen LogP contribution in [0.3, 0.4) is 0 Å². The zero-order chi connectivity index (χ0) is 16.0. The highest BCUT2D eigenvalue weighted by Gasteiger charge is 2.21. The van der Waals surface area contributed by atoms with Crippen LogP contribution in [0, 0.1) is 11.6 Å². The molecule has 0 saturated heterocycles. The molecule has 21 heavy (non-hydrogen) atoms. The topological polar surface area (TPSA) is 55.4 Å². The first-order valence-corrected chi connectivity index (χ1v) is 6.84. The SMILES string of the molecule is CCC(CC)NC(=O)C(C)Oc1c(F)cc(C=O)cc1F. The van der Waals surface area contributed by atoms with E-state index in [-0.39, 0.29) is 11.6 Å². The second-order valence-corrected chi connectivity index (χ2v) is 4.71. The van der Waals surface area contributed by atoms with Crippen molar-refractivity contribution in [2.75, 3.05) is 0 Å². The molecule has 1 unspecified atom stereocenters. The molecule has 6 heteroatoms. The van der Waals surface area contributed by atoms with Crippen LogP contribution in [-0.4, -0.2) is 24.3 Å². The summed E-state index contributed by atoms with van der Waals surface area (Å²) in [6.07, 6.45) is 0.799. The van der Waals surface area contributed by atoms with Crippen molar-refractivity contribution in [3.63, 3.8) is 0 Å². The lowest BCUT2D eigenvalue weighted by Crippen LogP contribution is -2.42. The normalized spacial score (nSPS) is 12.1. The third-order valence-electron chi connectivity index (χ3n) is 3.15. The van der Waals surface area contributed by atoms with Gasteiger partial charge in [0.1, 0.15) is 6.29 Å². The summed E-state index contributed by atoms with van der Waals surface area (Å²) in [5.41, 5.74) is -0.133. The molecule has 4 nitrogen and oxygen atoms in total. The maximum Gasteiger partial charge on any atom is 0.260 e. The van der Waals surface area contributed by atoms with Crippen molar-refractivity contribution in [3.8, 4) is 5.75 Å². The molecule has 0 aliphatic rings. The predicted molar refractivity (Wildman–Crippen MR) is 74.3 cm³/mol. The van der Waals surface area contributed by atoms with Gasteiger partial charge in [0, 0.05) is 11.6 Å². The van der Waals surface area contributed by atoms with E-state index in [4.69, 9.17) is 4.74 Å². The van der Waals surface area contributed by atoms with E-state index in [1.807, 2.05) is 13.8 Å². The van der Waals surface area contributed by atoms with E-state index in [0.29, 0.717) is 6.29 Å². The van der Waals surface area contributed by atoms with E-state index in [2.05, 4.69) is 5.32 Å². The monoisotopic (exact) mass is 299 g/mol. The van der Waals surface area contributed by atoms with Crippen molar-refractivity contribution in [2.45, 2.75) is 45.8 Å². The Morgan fingerprint density at radius 1 is 1.29 bits per heavy atom. The molecular weight excluding hydrogens is 280 g/mol. The number of nitrogens with one attached hydrogen (secondary N) is 1. The van der Waals surface area contributed by atoms with Gasteiger partial charge in [-0.2, -0.15) is 0 Å². The molecule has 0 aromatic heterocycles. The number of carbonyl (C=O) groups is 2. The van der Waals surface area contributed by atoms with E-state index in [1.165, 1.54) is 6.92 Å². The summed E-state index contributed by atoms with van der Waals surface area (Å²) in [7, 11) is 0. The van der Waals surface area contributed by atoms with Crippen molar-refractivity contribution in [1.29, 1.82) is 0 Å². The number of halogens is 2. The Labute approximate surface area is 122 Å². The molecule has 1 rings (SSSR count). The Morgan fingerprint density at radius 2 is 1.81 bits per heavy atom. The molecule has 1 aromatic carbocycles. The van der Waals surface area contributed by atoms with Crippen LogP contribution in [-0.2, 0) is 4.79 Å². The number of aldehydes is 1. The Kier molecular flexibility index (Phi) is 6.27. The molecule has 0 spiro atoms. The van der Waals surface area contributed by atoms with Gasteiger partial charge in [0.05, 0.1) is 0 Å². The van der Waals surface area contributed by atoms with Crippen LogP contribution in [0.1, 0.15) is 44.0 Å². The molecule has 0 fully saturated rings. The summed E-state index contributed by atoms with van der Waals surface area (Å²) in [6, 6.07) is 1.71. The number of amides is 1. The number of hydrogen-bond donors (Lipinski definition) is 1. The van der Waals surface area contributed by atoms with Gasteiger partial charge in [-0.05, 0) is 31.9 Å². The average Bonchev–Trinajstić information content (AvgIpc) is 2.47.